The first-order valence-corrected chi connectivity index (χ1v) is 5.22. The molecule has 0 aliphatic rings. The molecule has 0 aliphatic heterocycles. The highest BCUT2D eigenvalue weighted by molar-refractivity contribution is 7.09. The first-order valence-electron chi connectivity index (χ1n) is 4.34. The molecule has 0 saturated heterocycles. The van der Waals surface area contributed by atoms with E-state index in [0.29, 0.717) is 0 Å². The van der Waals surface area contributed by atoms with Crippen LogP contribution in [0.5, 0.6) is 0 Å². The number of carboxylic acid groups (broad SMARTS) is 1. The lowest BCUT2D eigenvalue weighted by atomic mass is 10.4. The van der Waals surface area contributed by atoms with Crippen molar-refractivity contribution >= 4 is 17.3 Å². The molecule has 2 rings (SSSR count). The summed E-state index contributed by atoms with van der Waals surface area (Å²) in [7, 11) is 0. The molecule has 0 saturated carbocycles. The van der Waals surface area contributed by atoms with Crippen molar-refractivity contribution in [1.82, 2.24) is 4.98 Å². The summed E-state index contributed by atoms with van der Waals surface area (Å²) in [4.78, 5) is 15.1. The highest BCUT2D eigenvalue weighted by atomic mass is 32.1. The monoisotopic (exact) mass is 221 g/mol. The van der Waals surface area contributed by atoms with Crippen molar-refractivity contribution in [3.05, 3.63) is 52.5 Å². The van der Waals surface area contributed by atoms with E-state index in [1.807, 2.05) is 0 Å². The van der Waals surface area contributed by atoms with Gasteiger partial charge in [0.15, 0.2) is 0 Å². The van der Waals surface area contributed by atoms with Crippen LogP contribution in [0.15, 0.2) is 41.9 Å². The molecule has 2 heterocycles. The summed E-state index contributed by atoms with van der Waals surface area (Å²) >= 11 is 1.78. The molecule has 0 aromatic carbocycles. The zero-order valence-corrected chi connectivity index (χ0v) is 9.07. The van der Waals surface area contributed by atoms with Crippen molar-refractivity contribution in [3.63, 3.8) is 0 Å². The summed E-state index contributed by atoms with van der Waals surface area (Å²) < 4.78 is 0. The molecule has 2 aromatic rings. The lowest BCUT2D eigenvalue weighted by Gasteiger charge is -1.87. The summed E-state index contributed by atoms with van der Waals surface area (Å²) in [6, 6.07) is 8.91. The van der Waals surface area contributed by atoms with Gasteiger partial charge in [0, 0.05) is 11.1 Å². The van der Waals surface area contributed by atoms with Crippen LogP contribution >= 0.6 is 11.3 Å². The SMILES string of the molecule is Cc1cccs1.O=C(O)c1ccccn1. The average molecular weight is 221 g/mol. The topological polar surface area (TPSA) is 50.2 Å². The van der Waals surface area contributed by atoms with E-state index >= 15 is 0 Å². The summed E-state index contributed by atoms with van der Waals surface area (Å²) in [5, 5.41) is 10.4. The van der Waals surface area contributed by atoms with Crippen molar-refractivity contribution in [2.45, 2.75) is 6.92 Å². The maximum absolute atomic E-state index is 10.1. The number of aromatic nitrogens is 1. The molecule has 0 fully saturated rings. The lowest BCUT2D eigenvalue weighted by molar-refractivity contribution is 0.0690. The van der Waals surface area contributed by atoms with E-state index in [2.05, 4.69) is 29.4 Å². The van der Waals surface area contributed by atoms with Crippen molar-refractivity contribution < 1.29 is 9.90 Å². The van der Waals surface area contributed by atoms with Crippen LogP contribution < -0.4 is 0 Å². The molecule has 0 unspecified atom stereocenters. The highest BCUT2D eigenvalue weighted by Crippen LogP contribution is 2.03. The Bertz CT molecular complexity index is 398. The Morgan fingerprint density at radius 3 is 2.40 bits per heavy atom. The molecule has 0 radical (unpaired) electrons. The molecule has 0 amide bonds. The van der Waals surface area contributed by atoms with Gasteiger partial charge in [0.2, 0.25) is 0 Å². The largest absolute Gasteiger partial charge is 0.477 e. The zero-order chi connectivity index (χ0) is 11.1. The number of aryl methyl sites for hydroxylation is 1. The van der Waals surface area contributed by atoms with Crippen LogP contribution in [0.25, 0.3) is 0 Å². The second-order valence-corrected chi connectivity index (χ2v) is 3.90. The van der Waals surface area contributed by atoms with Crippen molar-refractivity contribution in [1.29, 1.82) is 0 Å². The highest BCUT2D eigenvalue weighted by Gasteiger charge is 1.98. The molecule has 0 spiro atoms. The summed E-state index contributed by atoms with van der Waals surface area (Å²) in [6.45, 7) is 2.10. The van der Waals surface area contributed by atoms with E-state index < -0.39 is 5.97 Å². The van der Waals surface area contributed by atoms with E-state index in [-0.39, 0.29) is 5.69 Å². The third-order valence-electron chi connectivity index (χ3n) is 1.55. The van der Waals surface area contributed by atoms with Gasteiger partial charge in [-0.3, -0.25) is 0 Å². The third-order valence-corrected chi connectivity index (χ3v) is 2.35. The number of hydrogen-bond acceptors (Lipinski definition) is 3. The van der Waals surface area contributed by atoms with Gasteiger partial charge in [-0.2, -0.15) is 0 Å². The first kappa shape index (κ1) is 11.4. The number of rotatable bonds is 1. The van der Waals surface area contributed by atoms with Crippen molar-refractivity contribution in [2.24, 2.45) is 0 Å². The number of carbonyl (C=O) groups is 1. The Morgan fingerprint density at radius 1 is 1.33 bits per heavy atom. The summed E-state index contributed by atoms with van der Waals surface area (Å²) in [6.07, 6.45) is 1.45. The Balaban J connectivity index is 0.000000162. The molecular weight excluding hydrogens is 210 g/mol. The smallest absolute Gasteiger partial charge is 0.354 e. The number of aromatic carboxylic acids is 1. The Labute approximate surface area is 92.0 Å². The molecule has 0 aliphatic carbocycles. The Hall–Kier alpha value is -1.68. The minimum atomic E-state index is -0.990. The summed E-state index contributed by atoms with van der Waals surface area (Å²) in [5.74, 6) is -0.990. The van der Waals surface area contributed by atoms with Crippen LogP contribution in [0, 0.1) is 6.92 Å². The molecule has 3 nitrogen and oxygen atoms in total. The quantitative estimate of drug-likeness (QED) is 0.805. The standard InChI is InChI=1S/C6H5NO2.C5H6S/c8-6(9)5-3-1-2-4-7-5;1-5-3-2-4-6-5/h1-4H,(H,8,9);2-4H,1H3. The average Bonchev–Trinajstić information content (AvgIpc) is 2.71. The van der Waals surface area contributed by atoms with Crippen LogP contribution in [-0.4, -0.2) is 16.1 Å². The van der Waals surface area contributed by atoms with Crippen LogP contribution in [0.1, 0.15) is 15.4 Å². The second kappa shape index (κ2) is 5.93. The molecule has 1 N–H and O–H groups in total. The number of nitrogens with zero attached hydrogens (tertiary/aromatic N) is 1. The first-order chi connectivity index (χ1) is 7.20. The van der Waals surface area contributed by atoms with Gasteiger partial charge >= 0.3 is 5.97 Å². The normalized spacial score (nSPS) is 8.87. The van der Waals surface area contributed by atoms with Crippen LogP contribution in [0.2, 0.25) is 0 Å². The predicted octanol–water partition coefficient (Wildman–Crippen LogP) is 2.84. The van der Waals surface area contributed by atoms with Gasteiger partial charge in [0.05, 0.1) is 0 Å². The maximum atomic E-state index is 10.1. The van der Waals surface area contributed by atoms with Crippen LogP contribution in [0.4, 0.5) is 0 Å². The second-order valence-electron chi connectivity index (χ2n) is 2.74. The molecule has 78 valence electrons. The Kier molecular flexibility index (Phi) is 4.50. The van der Waals surface area contributed by atoms with Gasteiger partial charge in [0.1, 0.15) is 5.69 Å². The van der Waals surface area contributed by atoms with E-state index in [1.165, 1.54) is 17.1 Å². The van der Waals surface area contributed by atoms with Crippen molar-refractivity contribution in [2.75, 3.05) is 0 Å². The van der Waals surface area contributed by atoms with Gasteiger partial charge in [-0.25, -0.2) is 9.78 Å². The molecule has 2 aromatic heterocycles. The number of hydrogen-bond donors (Lipinski definition) is 1. The van der Waals surface area contributed by atoms with Crippen LogP contribution in [-0.2, 0) is 0 Å². The molecule has 0 bridgehead atoms. The fraction of sp³-hybridized carbons (Fsp3) is 0.0909. The molecule has 15 heavy (non-hydrogen) atoms. The number of carboxylic acids is 1. The lowest BCUT2D eigenvalue weighted by Crippen LogP contribution is -1.97. The zero-order valence-electron chi connectivity index (χ0n) is 8.25. The van der Waals surface area contributed by atoms with E-state index in [1.54, 1.807) is 23.5 Å². The van der Waals surface area contributed by atoms with Gasteiger partial charge < -0.3 is 5.11 Å². The minimum absolute atomic E-state index is 0.0810. The van der Waals surface area contributed by atoms with Gasteiger partial charge in [-0.05, 0) is 30.5 Å². The molecular formula is C11H11NO2S. The third kappa shape index (κ3) is 4.37. The summed E-state index contributed by atoms with van der Waals surface area (Å²) in [5.41, 5.74) is 0.0810. The Morgan fingerprint density at radius 2 is 2.13 bits per heavy atom. The number of thiophene rings is 1. The fourth-order valence-electron chi connectivity index (χ4n) is 0.850. The number of pyridine rings is 1. The fourth-order valence-corrected chi connectivity index (χ4v) is 1.38. The van der Waals surface area contributed by atoms with Gasteiger partial charge in [0.25, 0.3) is 0 Å². The van der Waals surface area contributed by atoms with E-state index in [0.717, 1.165) is 0 Å². The van der Waals surface area contributed by atoms with Crippen molar-refractivity contribution in [3.8, 4) is 0 Å². The van der Waals surface area contributed by atoms with Crippen LogP contribution in [0.3, 0.4) is 0 Å². The molecule has 0 atom stereocenters. The van der Waals surface area contributed by atoms with Gasteiger partial charge in [-0.15, -0.1) is 11.3 Å². The maximum Gasteiger partial charge on any atom is 0.354 e. The minimum Gasteiger partial charge on any atom is -0.477 e. The van der Waals surface area contributed by atoms with Gasteiger partial charge in [-0.1, -0.05) is 12.1 Å². The van der Waals surface area contributed by atoms with E-state index in [4.69, 9.17) is 5.11 Å². The predicted molar refractivity (Wildman–Crippen MR) is 60.3 cm³/mol. The van der Waals surface area contributed by atoms with E-state index in [9.17, 15) is 4.79 Å². The molecule has 4 heteroatoms.